The predicted octanol–water partition coefficient (Wildman–Crippen LogP) is 1.50. The molecule has 1 aliphatic rings. The molecule has 0 spiro atoms. The summed E-state index contributed by atoms with van der Waals surface area (Å²) in [5.41, 5.74) is 0.537. The van der Waals surface area contributed by atoms with E-state index < -0.39 is 12.1 Å². The van der Waals surface area contributed by atoms with Gasteiger partial charge in [0.25, 0.3) is 0 Å². The zero-order chi connectivity index (χ0) is 20.4. The number of rotatable bonds is 4. The first-order valence-corrected chi connectivity index (χ1v) is 7.81. The molecule has 0 atom stereocenters. The number of ether oxygens (including phenoxy) is 1. The van der Waals surface area contributed by atoms with E-state index in [1.54, 1.807) is 36.3 Å². The van der Waals surface area contributed by atoms with Crippen LogP contribution < -0.4 is 10.1 Å². The van der Waals surface area contributed by atoms with E-state index in [9.17, 15) is 22.8 Å². The van der Waals surface area contributed by atoms with E-state index in [4.69, 9.17) is 14.6 Å². The van der Waals surface area contributed by atoms with E-state index in [0.29, 0.717) is 24.4 Å². The van der Waals surface area contributed by atoms with E-state index >= 15 is 0 Å². The molecule has 0 radical (unpaired) electrons. The van der Waals surface area contributed by atoms with Crippen LogP contribution in [0.4, 0.5) is 13.2 Å². The van der Waals surface area contributed by atoms with Crippen LogP contribution in [0.2, 0.25) is 0 Å². The number of carboxylic acid groups (broad SMARTS) is 1. The van der Waals surface area contributed by atoms with Gasteiger partial charge in [-0.1, -0.05) is 0 Å². The van der Waals surface area contributed by atoms with Gasteiger partial charge in [-0.05, 0) is 30.3 Å². The molecule has 148 valence electrons. The highest BCUT2D eigenvalue weighted by Crippen LogP contribution is 2.13. The highest BCUT2D eigenvalue weighted by Gasteiger charge is 2.38. The lowest BCUT2D eigenvalue weighted by molar-refractivity contribution is -0.192. The minimum absolute atomic E-state index is 0.117. The summed E-state index contributed by atoms with van der Waals surface area (Å²) in [6.07, 6.45) is -2.41. The van der Waals surface area contributed by atoms with Crippen LogP contribution in [0.3, 0.4) is 0 Å². The number of amides is 1. The summed E-state index contributed by atoms with van der Waals surface area (Å²) >= 11 is 0. The Morgan fingerprint density at radius 1 is 1.11 bits per heavy atom. The second-order valence-electron chi connectivity index (χ2n) is 5.30. The largest absolute Gasteiger partial charge is 0.497 e. The van der Waals surface area contributed by atoms with Crippen LogP contribution in [0, 0.1) is 0 Å². The van der Waals surface area contributed by atoms with Crippen LogP contribution in [0.25, 0.3) is 0 Å². The van der Waals surface area contributed by atoms with Gasteiger partial charge < -0.3 is 20.1 Å². The Hall–Kier alpha value is -2.88. The van der Waals surface area contributed by atoms with Crippen molar-refractivity contribution in [3.8, 4) is 5.75 Å². The normalized spacial score (nSPS) is 14.3. The molecule has 1 fully saturated rings. The number of nitrogens with zero attached hydrogens (tertiary/aromatic N) is 1. The summed E-state index contributed by atoms with van der Waals surface area (Å²) in [6, 6.07) is 6.81. The minimum Gasteiger partial charge on any atom is -0.497 e. The van der Waals surface area contributed by atoms with Gasteiger partial charge in [0.2, 0.25) is 5.91 Å². The number of benzene rings is 1. The first-order valence-electron chi connectivity index (χ1n) is 7.81. The van der Waals surface area contributed by atoms with Crippen LogP contribution >= 0.6 is 0 Å². The first kappa shape index (κ1) is 22.2. The van der Waals surface area contributed by atoms with E-state index in [1.165, 1.54) is 12.2 Å². The highest BCUT2D eigenvalue weighted by molar-refractivity contribution is 6.07. The van der Waals surface area contributed by atoms with Gasteiger partial charge in [0.05, 0.1) is 7.11 Å². The van der Waals surface area contributed by atoms with Crippen LogP contribution in [0.5, 0.6) is 5.75 Å². The second kappa shape index (κ2) is 10.3. The lowest BCUT2D eigenvalue weighted by atomic mass is 10.1. The molecule has 0 unspecified atom stereocenters. The molecule has 1 heterocycles. The Labute approximate surface area is 153 Å². The number of ketones is 1. The maximum atomic E-state index is 11.9. The SMILES string of the molecule is COc1ccc(C(=O)C=CC(=O)N2CCNCC2)cc1.O=C(O)C(F)(F)F. The molecule has 1 aromatic rings. The zero-order valence-electron chi connectivity index (χ0n) is 14.5. The third kappa shape index (κ3) is 7.90. The summed E-state index contributed by atoms with van der Waals surface area (Å²) in [5, 5.41) is 10.3. The van der Waals surface area contributed by atoms with Crippen molar-refractivity contribution in [1.29, 1.82) is 0 Å². The van der Waals surface area contributed by atoms with Crippen molar-refractivity contribution >= 4 is 17.7 Å². The number of piperazine rings is 1. The number of carbonyl (C=O) groups excluding carboxylic acids is 2. The first-order chi connectivity index (χ1) is 12.6. The van der Waals surface area contributed by atoms with Gasteiger partial charge in [0.1, 0.15) is 5.75 Å². The smallest absolute Gasteiger partial charge is 0.490 e. The lowest BCUT2D eigenvalue weighted by Crippen LogP contribution is -2.45. The number of carbonyl (C=O) groups is 3. The van der Waals surface area contributed by atoms with Gasteiger partial charge in [-0.3, -0.25) is 9.59 Å². The molecule has 1 saturated heterocycles. The zero-order valence-corrected chi connectivity index (χ0v) is 14.5. The number of alkyl halides is 3. The number of hydrogen-bond acceptors (Lipinski definition) is 5. The second-order valence-corrected chi connectivity index (χ2v) is 5.30. The van der Waals surface area contributed by atoms with Crippen molar-refractivity contribution in [3.63, 3.8) is 0 Å². The van der Waals surface area contributed by atoms with Crippen molar-refractivity contribution in [2.45, 2.75) is 6.18 Å². The van der Waals surface area contributed by atoms with E-state index in [-0.39, 0.29) is 11.7 Å². The average molecular weight is 388 g/mol. The van der Waals surface area contributed by atoms with Crippen molar-refractivity contribution < 1.29 is 37.4 Å². The molecule has 0 saturated carbocycles. The van der Waals surface area contributed by atoms with E-state index in [1.807, 2.05) is 0 Å². The number of halogens is 3. The van der Waals surface area contributed by atoms with Crippen LogP contribution in [0.1, 0.15) is 10.4 Å². The third-order valence-electron chi connectivity index (χ3n) is 3.42. The standard InChI is InChI=1S/C15H18N2O3.C2HF3O2/c1-20-13-4-2-12(3-5-13)14(18)6-7-15(19)17-10-8-16-9-11-17;3-2(4,5)1(6)7/h2-7,16H,8-11H2,1H3;(H,6,7). The van der Waals surface area contributed by atoms with Crippen molar-refractivity contribution in [2.75, 3.05) is 33.3 Å². The summed E-state index contributed by atoms with van der Waals surface area (Å²) in [5.74, 6) is -2.36. The van der Waals surface area contributed by atoms with Gasteiger partial charge in [0, 0.05) is 37.8 Å². The number of carboxylic acids is 1. The quantitative estimate of drug-likeness (QED) is 0.600. The number of nitrogens with one attached hydrogen (secondary N) is 1. The Morgan fingerprint density at radius 2 is 1.63 bits per heavy atom. The number of methoxy groups -OCH3 is 1. The Bertz CT molecular complexity index is 681. The fourth-order valence-corrected chi connectivity index (χ4v) is 1.99. The highest BCUT2D eigenvalue weighted by atomic mass is 19.4. The van der Waals surface area contributed by atoms with E-state index in [2.05, 4.69) is 5.32 Å². The lowest BCUT2D eigenvalue weighted by Gasteiger charge is -2.26. The molecule has 2 N–H and O–H groups in total. The summed E-state index contributed by atoms with van der Waals surface area (Å²) in [4.78, 5) is 34.4. The molecule has 0 bridgehead atoms. The molecule has 0 aromatic heterocycles. The Kier molecular flexibility index (Phi) is 8.46. The summed E-state index contributed by atoms with van der Waals surface area (Å²) in [6.45, 7) is 2.96. The molecule has 7 nitrogen and oxygen atoms in total. The molecule has 0 aliphatic carbocycles. The summed E-state index contributed by atoms with van der Waals surface area (Å²) < 4.78 is 36.8. The van der Waals surface area contributed by atoms with Crippen molar-refractivity contribution in [1.82, 2.24) is 10.2 Å². The molecule has 1 aliphatic heterocycles. The molecular weight excluding hydrogens is 369 g/mol. The molecule has 27 heavy (non-hydrogen) atoms. The van der Waals surface area contributed by atoms with Crippen LogP contribution in [-0.4, -0.2) is 67.1 Å². The Morgan fingerprint density at radius 3 is 2.07 bits per heavy atom. The topological polar surface area (TPSA) is 95.9 Å². The third-order valence-corrected chi connectivity index (χ3v) is 3.42. The fourth-order valence-electron chi connectivity index (χ4n) is 1.99. The van der Waals surface area contributed by atoms with Crippen molar-refractivity contribution in [2.24, 2.45) is 0 Å². The molecule has 10 heteroatoms. The molecule has 2 rings (SSSR count). The number of hydrogen-bond donors (Lipinski definition) is 2. The molecular formula is C17H19F3N2O5. The van der Waals surface area contributed by atoms with Gasteiger partial charge in [-0.2, -0.15) is 13.2 Å². The Balaban J connectivity index is 0.000000445. The average Bonchev–Trinajstić information content (AvgIpc) is 2.66. The van der Waals surface area contributed by atoms with Gasteiger partial charge >= 0.3 is 12.1 Å². The maximum absolute atomic E-state index is 11.9. The minimum atomic E-state index is -5.08. The van der Waals surface area contributed by atoms with Crippen LogP contribution in [-0.2, 0) is 9.59 Å². The monoisotopic (exact) mass is 388 g/mol. The van der Waals surface area contributed by atoms with E-state index in [0.717, 1.165) is 13.1 Å². The van der Waals surface area contributed by atoms with Crippen molar-refractivity contribution in [3.05, 3.63) is 42.0 Å². The van der Waals surface area contributed by atoms with Crippen LogP contribution in [0.15, 0.2) is 36.4 Å². The van der Waals surface area contributed by atoms with Gasteiger partial charge in [-0.15, -0.1) is 0 Å². The van der Waals surface area contributed by atoms with Gasteiger partial charge in [-0.25, -0.2) is 4.79 Å². The maximum Gasteiger partial charge on any atom is 0.490 e. The van der Waals surface area contributed by atoms with Gasteiger partial charge in [0.15, 0.2) is 5.78 Å². The number of allylic oxidation sites excluding steroid dienone is 1. The summed E-state index contributed by atoms with van der Waals surface area (Å²) in [7, 11) is 1.57. The molecule has 1 aromatic carbocycles. The fraction of sp³-hybridized carbons (Fsp3) is 0.353. The predicted molar refractivity (Wildman–Crippen MR) is 89.6 cm³/mol. The number of aliphatic carboxylic acids is 1. The molecule has 1 amide bonds.